The van der Waals surface area contributed by atoms with E-state index in [0.29, 0.717) is 15.8 Å². The molecule has 158 valence electrons. The van der Waals surface area contributed by atoms with E-state index in [9.17, 15) is 8.42 Å². The van der Waals surface area contributed by atoms with Crippen LogP contribution in [0.5, 0.6) is 5.75 Å². The molecule has 0 aliphatic carbocycles. The first-order chi connectivity index (χ1) is 14.4. The van der Waals surface area contributed by atoms with Crippen molar-refractivity contribution in [1.29, 1.82) is 0 Å². The van der Waals surface area contributed by atoms with E-state index in [-0.39, 0.29) is 24.7 Å². The minimum Gasteiger partial charge on any atom is -0.493 e. The molecule has 3 aromatic carbocycles. The lowest BCUT2D eigenvalue weighted by Crippen LogP contribution is -2.21. The maximum absolute atomic E-state index is 12.4. The standard InChI is InChI=1S/C23H22Cl2O4S/c24-20-10-6-18(7-11-20)23(19-8-12-21(25)13-9-19)29-15-17-30(26,27)16-14-28-22-4-2-1-3-5-22/h1-13,23H,14-17H2. The summed E-state index contributed by atoms with van der Waals surface area (Å²) in [5.74, 6) is 0.482. The molecule has 7 heteroatoms. The molecule has 0 spiro atoms. The van der Waals surface area contributed by atoms with E-state index in [1.54, 1.807) is 36.4 Å². The summed E-state index contributed by atoms with van der Waals surface area (Å²) in [6.07, 6.45) is -0.421. The normalized spacial score (nSPS) is 11.6. The average molecular weight is 465 g/mol. The zero-order chi connectivity index (χ0) is 21.4. The highest BCUT2D eigenvalue weighted by Gasteiger charge is 2.18. The third-order valence-electron chi connectivity index (χ3n) is 4.43. The van der Waals surface area contributed by atoms with Gasteiger partial charge in [0.25, 0.3) is 0 Å². The second kappa shape index (κ2) is 10.8. The number of halogens is 2. The summed E-state index contributed by atoms with van der Waals surface area (Å²) in [6.45, 7) is 0.160. The molecule has 0 unspecified atom stereocenters. The van der Waals surface area contributed by atoms with Crippen LogP contribution in [-0.2, 0) is 14.6 Å². The van der Waals surface area contributed by atoms with Crippen molar-refractivity contribution in [3.63, 3.8) is 0 Å². The van der Waals surface area contributed by atoms with Crippen LogP contribution in [0.25, 0.3) is 0 Å². The highest BCUT2D eigenvalue weighted by molar-refractivity contribution is 7.91. The Labute approximate surface area is 187 Å². The fourth-order valence-electron chi connectivity index (χ4n) is 2.86. The van der Waals surface area contributed by atoms with E-state index >= 15 is 0 Å². The highest BCUT2D eigenvalue weighted by Crippen LogP contribution is 2.28. The van der Waals surface area contributed by atoms with Crippen LogP contribution in [0.15, 0.2) is 78.9 Å². The van der Waals surface area contributed by atoms with Crippen molar-refractivity contribution >= 4 is 33.0 Å². The quantitative estimate of drug-likeness (QED) is 0.392. The molecular weight excluding hydrogens is 443 g/mol. The number of hydrogen-bond acceptors (Lipinski definition) is 4. The topological polar surface area (TPSA) is 52.6 Å². The number of sulfone groups is 1. The van der Waals surface area contributed by atoms with Gasteiger partial charge in [-0.1, -0.05) is 65.7 Å². The van der Waals surface area contributed by atoms with Gasteiger partial charge >= 0.3 is 0 Å². The molecule has 0 amide bonds. The summed E-state index contributed by atoms with van der Waals surface area (Å²) in [5.41, 5.74) is 1.76. The first-order valence-electron chi connectivity index (χ1n) is 9.44. The predicted octanol–water partition coefficient (Wildman–Crippen LogP) is 5.59. The van der Waals surface area contributed by atoms with Gasteiger partial charge in [0.15, 0.2) is 9.84 Å². The van der Waals surface area contributed by atoms with Crippen LogP contribution >= 0.6 is 23.2 Å². The smallest absolute Gasteiger partial charge is 0.155 e. The van der Waals surface area contributed by atoms with Crippen molar-refractivity contribution in [3.05, 3.63) is 100 Å². The maximum Gasteiger partial charge on any atom is 0.155 e. The van der Waals surface area contributed by atoms with E-state index in [2.05, 4.69) is 0 Å². The predicted molar refractivity (Wildman–Crippen MR) is 121 cm³/mol. The van der Waals surface area contributed by atoms with Crippen LogP contribution in [0, 0.1) is 0 Å². The summed E-state index contributed by atoms with van der Waals surface area (Å²) in [6, 6.07) is 23.7. The molecule has 0 bridgehead atoms. The van der Waals surface area contributed by atoms with E-state index in [1.165, 1.54) is 0 Å². The van der Waals surface area contributed by atoms with E-state index < -0.39 is 15.9 Å². The van der Waals surface area contributed by atoms with Crippen LogP contribution < -0.4 is 4.74 Å². The summed E-state index contributed by atoms with van der Waals surface area (Å²) in [7, 11) is -3.32. The lowest BCUT2D eigenvalue weighted by atomic mass is 10.0. The Morgan fingerprint density at radius 1 is 0.700 bits per heavy atom. The van der Waals surface area contributed by atoms with E-state index in [4.69, 9.17) is 32.7 Å². The molecular formula is C23H22Cl2O4S. The second-order valence-electron chi connectivity index (χ2n) is 6.67. The number of hydrogen-bond donors (Lipinski definition) is 0. The lowest BCUT2D eigenvalue weighted by Gasteiger charge is -2.19. The second-order valence-corrected chi connectivity index (χ2v) is 9.84. The molecule has 30 heavy (non-hydrogen) atoms. The minimum absolute atomic E-state index is 0.0591. The van der Waals surface area contributed by atoms with Gasteiger partial charge in [-0.2, -0.15) is 0 Å². The van der Waals surface area contributed by atoms with Crippen LogP contribution in [0.2, 0.25) is 10.0 Å². The first kappa shape index (κ1) is 22.6. The van der Waals surface area contributed by atoms with Gasteiger partial charge in [0.2, 0.25) is 0 Å². The Kier molecular flexibility index (Phi) is 8.16. The average Bonchev–Trinajstić information content (AvgIpc) is 2.74. The van der Waals surface area contributed by atoms with Crippen LogP contribution in [0.1, 0.15) is 17.2 Å². The Balaban J connectivity index is 1.59. The Bertz CT molecular complexity index is 976. The zero-order valence-corrected chi connectivity index (χ0v) is 18.5. The molecule has 0 atom stereocenters. The van der Waals surface area contributed by atoms with Crippen LogP contribution in [-0.4, -0.2) is 33.1 Å². The van der Waals surface area contributed by atoms with Gasteiger partial charge in [-0.15, -0.1) is 0 Å². The molecule has 0 saturated carbocycles. The van der Waals surface area contributed by atoms with Crippen molar-refractivity contribution in [2.75, 3.05) is 24.7 Å². The Hall–Kier alpha value is -2.05. The van der Waals surface area contributed by atoms with Crippen LogP contribution in [0.4, 0.5) is 0 Å². The van der Waals surface area contributed by atoms with Gasteiger partial charge in [0.1, 0.15) is 18.5 Å². The molecule has 0 aliphatic heterocycles. The first-order valence-corrected chi connectivity index (χ1v) is 12.0. The number of rotatable bonds is 10. The fraction of sp³-hybridized carbons (Fsp3) is 0.217. The van der Waals surface area contributed by atoms with Gasteiger partial charge in [0, 0.05) is 10.0 Å². The zero-order valence-electron chi connectivity index (χ0n) is 16.2. The summed E-state index contributed by atoms with van der Waals surface area (Å²) in [4.78, 5) is 0. The Morgan fingerprint density at radius 2 is 1.20 bits per heavy atom. The molecule has 0 aliphatic rings. The van der Waals surface area contributed by atoms with E-state index in [0.717, 1.165) is 11.1 Å². The van der Waals surface area contributed by atoms with Gasteiger partial charge in [-0.25, -0.2) is 8.42 Å². The van der Waals surface area contributed by atoms with Crippen molar-refractivity contribution in [2.45, 2.75) is 6.10 Å². The highest BCUT2D eigenvalue weighted by atomic mass is 35.5. The van der Waals surface area contributed by atoms with E-state index in [1.807, 2.05) is 42.5 Å². The third kappa shape index (κ3) is 7.03. The van der Waals surface area contributed by atoms with Crippen LogP contribution in [0.3, 0.4) is 0 Å². The molecule has 0 saturated heterocycles. The minimum atomic E-state index is -3.32. The van der Waals surface area contributed by atoms with Crippen molar-refractivity contribution in [3.8, 4) is 5.75 Å². The summed E-state index contributed by atoms with van der Waals surface area (Å²) >= 11 is 12.0. The lowest BCUT2D eigenvalue weighted by molar-refractivity contribution is 0.0926. The fourth-order valence-corrected chi connectivity index (χ4v) is 4.00. The molecule has 3 rings (SSSR count). The number of benzene rings is 3. The summed E-state index contributed by atoms with van der Waals surface area (Å²) < 4.78 is 36.2. The number of para-hydroxylation sites is 1. The molecule has 3 aromatic rings. The Morgan fingerprint density at radius 3 is 1.73 bits per heavy atom. The van der Waals surface area contributed by atoms with Gasteiger partial charge < -0.3 is 9.47 Å². The van der Waals surface area contributed by atoms with Gasteiger partial charge in [0.05, 0.1) is 18.1 Å². The van der Waals surface area contributed by atoms with Gasteiger partial charge in [-0.05, 0) is 47.5 Å². The molecule has 0 aromatic heterocycles. The largest absolute Gasteiger partial charge is 0.493 e. The van der Waals surface area contributed by atoms with Crippen molar-refractivity contribution in [1.82, 2.24) is 0 Å². The van der Waals surface area contributed by atoms with Crippen molar-refractivity contribution in [2.24, 2.45) is 0 Å². The number of ether oxygens (including phenoxy) is 2. The van der Waals surface area contributed by atoms with Crippen molar-refractivity contribution < 1.29 is 17.9 Å². The van der Waals surface area contributed by atoms with Gasteiger partial charge in [-0.3, -0.25) is 0 Å². The monoisotopic (exact) mass is 464 g/mol. The third-order valence-corrected chi connectivity index (χ3v) is 6.51. The maximum atomic E-state index is 12.4. The molecule has 4 nitrogen and oxygen atoms in total. The summed E-state index contributed by atoms with van der Waals surface area (Å²) in [5, 5.41) is 1.24. The molecule has 0 N–H and O–H groups in total. The SMILES string of the molecule is O=S(=O)(CCOc1ccccc1)CCOC(c1ccc(Cl)cc1)c1ccc(Cl)cc1. The molecule has 0 radical (unpaired) electrons. The molecule has 0 heterocycles. The molecule has 0 fully saturated rings.